The maximum absolute atomic E-state index is 13.8. The zero-order valence-corrected chi connectivity index (χ0v) is 22.2. The van der Waals surface area contributed by atoms with Crippen LogP contribution in [0.5, 0.6) is 5.75 Å². The number of methoxy groups -OCH3 is 1. The predicted molar refractivity (Wildman–Crippen MR) is 153 cm³/mol. The molecule has 38 heavy (non-hydrogen) atoms. The molecule has 2 heterocycles. The van der Waals surface area contributed by atoms with Crippen molar-refractivity contribution in [3.05, 3.63) is 125 Å². The number of ether oxygens (including phenoxy) is 1. The Bertz CT molecular complexity index is 1410. The molecule has 5 nitrogen and oxygen atoms in total. The van der Waals surface area contributed by atoms with Crippen LogP contribution in [0.3, 0.4) is 0 Å². The molecule has 0 bridgehead atoms. The molecule has 1 aromatic heterocycles. The first-order valence-corrected chi connectivity index (χ1v) is 13.5. The van der Waals surface area contributed by atoms with Crippen LogP contribution < -0.4 is 4.74 Å². The molecule has 192 valence electrons. The summed E-state index contributed by atoms with van der Waals surface area (Å²) in [5.74, 6) is 0.500. The number of benzene rings is 3. The smallest absolute Gasteiger partial charge is 0.254 e. The molecule has 0 radical (unpaired) electrons. The number of carbonyl (C=O) groups is 2. The van der Waals surface area contributed by atoms with E-state index in [1.807, 2.05) is 83.8 Å². The van der Waals surface area contributed by atoms with Gasteiger partial charge in [0.15, 0.2) is 0 Å². The number of rotatable bonds is 8. The van der Waals surface area contributed by atoms with E-state index in [2.05, 4.69) is 18.0 Å². The van der Waals surface area contributed by atoms with E-state index in [0.29, 0.717) is 12.1 Å². The molecule has 1 atom stereocenters. The number of amides is 2. The largest absolute Gasteiger partial charge is 0.497 e. The summed E-state index contributed by atoms with van der Waals surface area (Å²) in [5, 5.41) is 2.09. The van der Waals surface area contributed by atoms with E-state index in [1.54, 1.807) is 29.4 Å². The number of carbonyl (C=O) groups excluding carboxylic acids is 2. The Morgan fingerprint density at radius 1 is 1.00 bits per heavy atom. The monoisotopic (exact) mass is 522 g/mol. The fourth-order valence-electron chi connectivity index (χ4n) is 4.98. The lowest BCUT2D eigenvalue weighted by molar-refractivity contribution is -0.133. The van der Waals surface area contributed by atoms with E-state index < -0.39 is 0 Å². The van der Waals surface area contributed by atoms with Gasteiger partial charge in [-0.15, -0.1) is 17.9 Å². The molecule has 0 spiro atoms. The molecule has 0 aliphatic carbocycles. The predicted octanol–water partition coefficient (Wildman–Crippen LogP) is 6.23. The maximum atomic E-state index is 13.8. The van der Waals surface area contributed by atoms with Gasteiger partial charge in [-0.1, -0.05) is 60.7 Å². The van der Waals surface area contributed by atoms with Crippen LogP contribution in [0.1, 0.15) is 32.4 Å². The molecule has 0 saturated carbocycles. The molecular formula is C32H30N2O3S. The standard InChI is InChI=1S/C32H30N2O3S/c1-3-19-33(32(36)26-11-9-24(10-12-26)23-7-5-4-6-8-23)22-30(35)34-20-17-29-28(18-21-38-29)31(34)25-13-15-27(37-2)16-14-25/h3-16,18,21,31H,1,17,19-20,22H2,2H3. The minimum atomic E-state index is -0.200. The summed E-state index contributed by atoms with van der Waals surface area (Å²) in [7, 11) is 1.64. The molecule has 4 aromatic rings. The molecule has 6 heteroatoms. The molecule has 0 N–H and O–H groups in total. The van der Waals surface area contributed by atoms with Crippen molar-refractivity contribution < 1.29 is 14.3 Å². The van der Waals surface area contributed by atoms with Gasteiger partial charge in [-0.05, 0) is 64.4 Å². The first-order valence-electron chi connectivity index (χ1n) is 12.6. The normalized spacial score (nSPS) is 14.4. The Kier molecular flexibility index (Phi) is 7.70. The summed E-state index contributed by atoms with van der Waals surface area (Å²) in [6, 6.07) is 27.3. The van der Waals surface area contributed by atoms with Gasteiger partial charge in [-0.3, -0.25) is 9.59 Å². The molecule has 2 amide bonds. The van der Waals surface area contributed by atoms with Crippen molar-refractivity contribution in [2.24, 2.45) is 0 Å². The van der Waals surface area contributed by atoms with Crippen LogP contribution in [0.15, 0.2) is 103 Å². The fourth-order valence-corrected chi connectivity index (χ4v) is 5.88. The molecule has 1 aliphatic heterocycles. The number of hydrogen-bond acceptors (Lipinski definition) is 4. The van der Waals surface area contributed by atoms with Crippen molar-refractivity contribution in [3.63, 3.8) is 0 Å². The Morgan fingerprint density at radius 3 is 2.39 bits per heavy atom. The van der Waals surface area contributed by atoms with E-state index in [-0.39, 0.29) is 30.9 Å². The number of fused-ring (bicyclic) bond motifs is 1. The number of nitrogens with zero attached hydrogens (tertiary/aromatic N) is 2. The minimum Gasteiger partial charge on any atom is -0.497 e. The second-order valence-corrected chi connectivity index (χ2v) is 10.2. The van der Waals surface area contributed by atoms with Crippen LogP contribution >= 0.6 is 11.3 Å². The molecule has 0 saturated heterocycles. The van der Waals surface area contributed by atoms with Gasteiger partial charge < -0.3 is 14.5 Å². The van der Waals surface area contributed by atoms with E-state index >= 15 is 0 Å². The third-order valence-corrected chi connectivity index (χ3v) is 7.92. The number of thiophene rings is 1. The quantitative estimate of drug-likeness (QED) is 0.258. The van der Waals surface area contributed by atoms with Crippen LogP contribution in [-0.4, -0.2) is 48.4 Å². The average molecular weight is 523 g/mol. The highest BCUT2D eigenvalue weighted by Gasteiger charge is 2.34. The van der Waals surface area contributed by atoms with Gasteiger partial charge in [-0.25, -0.2) is 0 Å². The van der Waals surface area contributed by atoms with E-state index in [0.717, 1.165) is 34.4 Å². The van der Waals surface area contributed by atoms with Crippen molar-refractivity contribution >= 4 is 23.2 Å². The highest BCUT2D eigenvalue weighted by atomic mass is 32.1. The van der Waals surface area contributed by atoms with Gasteiger partial charge in [-0.2, -0.15) is 0 Å². The summed E-state index contributed by atoms with van der Waals surface area (Å²) in [6.45, 7) is 4.70. The molecule has 1 unspecified atom stereocenters. The van der Waals surface area contributed by atoms with Crippen molar-refractivity contribution in [3.8, 4) is 16.9 Å². The van der Waals surface area contributed by atoms with E-state index in [4.69, 9.17) is 4.74 Å². The molecule has 3 aromatic carbocycles. The Balaban J connectivity index is 1.37. The molecule has 1 aliphatic rings. The average Bonchev–Trinajstić information content (AvgIpc) is 3.46. The first kappa shape index (κ1) is 25.5. The summed E-state index contributed by atoms with van der Waals surface area (Å²) < 4.78 is 5.33. The van der Waals surface area contributed by atoms with Gasteiger partial charge in [0.25, 0.3) is 5.91 Å². The fraction of sp³-hybridized carbons (Fsp3) is 0.188. The van der Waals surface area contributed by atoms with Crippen molar-refractivity contribution in [2.45, 2.75) is 12.5 Å². The van der Waals surface area contributed by atoms with E-state index in [9.17, 15) is 9.59 Å². The van der Waals surface area contributed by atoms with Crippen molar-refractivity contribution in [1.82, 2.24) is 9.80 Å². The molecular weight excluding hydrogens is 492 g/mol. The minimum absolute atomic E-state index is 0.0165. The van der Waals surface area contributed by atoms with Crippen LogP contribution in [0.25, 0.3) is 11.1 Å². The van der Waals surface area contributed by atoms with Crippen LogP contribution in [0, 0.1) is 0 Å². The number of hydrogen-bond donors (Lipinski definition) is 0. The Hall–Kier alpha value is -4.16. The van der Waals surface area contributed by atoms with Gasteiger partial charge in [0, 0.05) is 23.5 Å². The second-order valence-electron chi connectivity index (χ2n) is 9.23. The zero-order chi connectivity index (χ0) is 26.5. The van der Waals surface area contributed by atoms with Gasteiger partial charge >= 0.3 is 0 Å². The Morgan fingerprint density at radius 2 is 1.71 bits per heavy atom. The van der Waals surface area contributed by atoms with Gasteiger partial charge in [0.1, 0.15) is 12.3 Å². The third-order valence-electron chi connectivity index (χ3n) is 6.92. The summed E-state index contributed by atoms with van der Waals surface area (Å²) in [6.07, 6.45) is 2.47. The molecule has 5 rings (SSSR count). The highest BCUT2D eigenvalue weighted by molar-refractivity contribution is 7.10. The van der Waals surface area contributed by atoms with E-state index in [1.165, 1.54) is 4.88 Å². The SMILES string of the molecule is C=CCN(CC(=O)N1CCc2sccc2C1c1ccc(OC)cc1)C(=O)c1ccc(-c2ccccc2)cc1. The first-order chi connectivity index (χ1) is 18.6. The topological polar surface area (TPSA) is 49.9 Å². The summed E-state index contributed by atoms with van der Waals surface area (Å²) in [5.41, 5.74) is 4.85. The third kappa shape index (κ3) is 5.27. The lowest BCUT2D eigenvalue weighted by Gasteiger charge is -2.37. The summed E-state index contributed by atoms with van der Waals surface area (Å²) >= 11 is 1.73. The highest BCUT2D eigenvalue weighted by Crippen LogP contribution is 2.38. The van der Waals surface area contributed by atoms with Crippen LogP contribution in [-0.2, 0) is 11.2 Å². The van der Waals surface area contributed by atoms with Crippen molar-refractivity contribution in [2.75, 3.05) is 26.7 Å². The lowest BCUT2D eigenvalue weighted by atomic mass is 9.93. The van der Waals surface area contributed by atoms with Crippen molar-refractivity contribution in [1.29, 1.82) is 0 Å². The zero-order valence-electron chi connectivity index (χ0n) is 21.4. The summed E-state index contributed by atoms with van der Waals surface area (Å²) in [4.78, 5) is 32.0. The lowest BCUT2D eigenvalue weighted by Crippen LogP contribution is -2.46. The Labute approximate surface area is 227 Å². The maximum Gasteiger partial charge on any atom is 0.254 e. The van der Waals surface area contributed by atoms with Gasteiger partial charge in [0.05, 0.1) is 13.2 Å². The molecule has 0 fully saturated rings. The van der Waals surface area contributed by atoms with Crippen LogP contribution in [0.4, 0.5) is 0 Å². The van der Waals surface area contributed by atoms with Crippen LogP contribution in [0.2, 0.25) is 0 Å². The second kappa shape index (κ2) is 11.5. The van der Waals surface area contributed by atoms with Gasteiger partial charge in [0.2, 0.25) is 5.91 Å².